The van der Waals surface area contributed by atoms with Crippen LogP contribution in [0.2, 0.25) is 0 Å². The molecule has 0 spiro atoms. The number of imide groups is 1. The van der Waals surface area contributed by atoms with Crippen LogP contribution in [0.25, 0.3) is 22.4 Å². The zero-order valence-electron chi connectivity index (χ0n) is 19.4. The van der Waals surface area contributed by atoms with Crippen LogP contribution in [-0.2, 0) is 15.0 Å². The molecule has 2 aromatic carbocycles. The molecule has 1 aliphatic rings. The number of hydrogen-bond acceptors (Lipinski definition) is 6. The summed E-state index contributed by atoms with van der Waals surface area (Å²) in [4.78, 5) is 42.2. The molecule has 4 aromatic rings. The fraction of sp³-hybridized carbons (Fsp3) is 0.222. The summed E-state index contributed by atoms with van der Waals surface area (Å²) in [7, 11) is 0. The molecule has 3 heterocycles. The van der Waals surface area contributed by atoms with Gasteiger partial charge in [-0.3, -0.25) is 19.7 Å². The number of hydrogen-bond donors (Lipinski definition) is 2. The van der Waals surface area contributed by atoms with Crippen molar-refractivity contribution in [3.05, 3.63) is 77.5 Å². The minimum atomic E-state index is -0.752. The predicted octanol–water partition coefficient (Wildman–Crippen LogP) is 4.53. The van der Waals surface area contributed by atoms with Crippen molar-refractivity contribution in [1.82, 2.24) is 15.5 Å². The Morgan fingerprint density at radius 3 is 2.54 bits per heavy atom. The first-order valence-electron chi connectivity index (χ1n) is 11.5. The second kappa shape index (κ2) is 8.79. The molecule has 0 aliphatic carbocycles. The average molecular weight is 469 g/mol. The fourth-order valence-corrected chi connectivity index (χ4v) is 4.67. The highest BCUT2D eigenvalue weighted by Crippen LogP contribution is 2.36. The second-order valence-electron chi connectivity index (χ2n) is 8.71. The Bertz CT molecular complexity index is 1440. The van der Waals surface area contributed by atoms with Crippen LogP contribution in [0.5, 0.6) is 0 Å². The van der Waals surface area contributed by atoms with Gasteiger partial charge < -0.3 is 9.84 Å². The van der Waals surface area contributed by atoms with Gasteiger partial charge in [0.1, 0.15) is 0 Å². The van der Waals surface area contributed by atoms with Gasteiger partial charge in [0, 0.05) is 17.7 Å². The molecule has 1 fully saturated rings. The van der Waals surface area contributed by atoms with Crippen LogP contribution < -0.4 is 10.6 Å². The highest BCUT2D eigenvalue weighted by molar-refractivity contribution is 6.13. The van der Waals surface area contributed by atoms with E-state index in [4.69, 9.17) is 4.52 Å². The van der Waals surface area contributed by atoms with E-state index in [9.17, 15) is 14.4 Å². The Morgan fingerprint density at radius 1 is 1.11 bits per heavy atom. The molecular formula is C27H24N4O4. The molecule has 0 radical (unpaired) electrons. The molecule has 5 rings (SSSR count). The Labute approximate surface area is 201 Å². The van der Waals surface area contributed by atoms with Gasteiger partial charge in [-0.25, -0.2) is 4.98 Å². The standard InChI is InChI=1S/C27H24N4O4/c1-3-27(14-13-22(32)30-26(27)34)18-9-11-19(12-10-18)28-24(33)20-15-21(17-7-5-4-6-8-17)29-25-23(20)16(2)31-35-25/h4-12,15H,3,13-14H2,1-2H3,(H,28,33)(H,30,32,34). The number of carbonyl (C=O) groups is 3. The minimum Gasteiger partial charge on any atom is -0.335 e. The zero-order valence-corrected chi connectivity index (χ0v) is 19.4. The molecule has 1 aliphatic heterocycles. The van der Waals surface area contributed by atoms with Crippen LogP contribution in [0.1, 0.15) is 47.8 Å². The van der Waals surface area contributed by atoms with E-state index in [-0.39, 0.29) is 17.7 Å². The summed E-state index contributed by atoms with van der Waals surface area (Å²) in [6.07, 6.45) is 1.34. The number of aromatic nitrogens is 2. The monoisotopic (exact) mass is 468 g/mol. The molecule has 35 heavy (non-hydrogen) atoms. The molecule has 2 N–H and O–H groups in total. The maximum absolute atomic E-state index is 13.3. The number of nitrogens with zero attached hydrogens (tertiary/aromatic N) is 2. The van der Waals surface area contributed by atoms with Crippen molar-refractivity contribution in [2.75, 3.05) is 5.32 Å². The molecule has 8 heteroatoms. The summed E-state index contributed by atoms with van der Waals surface area (Å²) in [5.74, 6) is -0.839. The molecule has 176 valence electrons. The summed E-state index contributed by atoms with van der Waals surface area (Å²) >= 11 is 0. The number of rotatable bonds is 5. The quantitative estimate of drug-likeness (QED) is 0.416. The highest BCUT2D eigenvalue weighted by atomic mass is 16.5. The smallest absolute Gasteiger partial charge is 0.259 e. The maximum atomic E-state index is 13.3. The summed E-state index contributed by atoms with van der Waals surface area (Å²) in [5.41, 5.74) is 3.40. The number of piperidine rings is 1. The fourth-order valence-electron chi connectivity index (χ4n) is 4.67. The third-order valence-corrected chi connectivity index (χ3v) is 6.70. The lowest BCUT2D eigenvalue weighted by atomic mass is 9.72. The molecule has 1 atom stereocenters. The molecule has 1 unspecified atom stereocenters. The van der Waals surface area contributed by atoms with Crippen LogP contribution in [0.15, 0.2) is 65.2 Å². The van der Waals surface area contributed by atoms with Crippen molar-refractivity contribution < 1.29 is 18.9 Å². The van der Waals surface area contributed by atoms with E-state index in [1.54, 1.807) is 25.1 Å². The first-order chi connectivity index (χ1) is 16.9. The summed E-state index contributed by atoms with van der Waals surface area (Å²) < 4.78 is 5.37. The Balaban J connectivity index is 1.45. The lowest BCUT2D eigenvalue weighted by molar-refractivity contribution is -0.138. The third kappa shape index (κ3) is 3.97. The first kappa shape index (κ1) is 22.5. The Kier molecular flexibility index (Phi) is 5.64. The number of anilines is 1. The molecule has 0 bridgehead atoms. The number of nitrogens with one attached hydrogen (secondary N) is 2. The van der Waals surface area contributed by atoms with E-state index in [1.165, 1.54) is 0 Å². The molecule has 1 saturated heterocycles. The van der Waals surface area contributed by atoms with Crippen LogP contribution in [-0.4, -0.2) is 27.9 Å². The lowest BCUT2D eigenvalue weighted by Crippen LogP contribution is -2.51. The summed E-state index contributed by atoms with van der Waals surface area (Å²) in [6.45, 7) is 3.71. The number of pyridine rings is 1. The van der Waals surface area contributed by atoms with E-state index in [2.05, 4.69) is 20.8 Å². The third-order valence-electron chi connectivity index (χ3n) is 6.70. The van der Waals surface area contributed by atoms with Crippen LogP contribution in [0.4, 0.5) is 5.69 Å². The van der Waals surface area contributed by atoms with E-state index in [0.29, 0.717) is 53.0 Å². The lowest BCUT2D eigenvalue weighted by Gasteiger charge is -2.35. The molecule has 2 aromatic heterocycles. The van der Waals surface area contributed by atoms with Crippen LogP contribution in [0.3, 0.4) is 0 Å². The average Bonchev–Trinajstić information content (AvgIpc) is 3.25. The van der Waals surface area contributed by atoms with Crippen molar-refractivity contribution >= 4 is 34.5 Å². The van der Waals surface area contributed by atoms with Gasteiger partial charge in [0.25, 0.3) is 11.6 Å². The number of fused-ring (bicyclic) bond motifs is 1. The minimum absolute atomic E-state index is 0.245. The van der Waals surface area contributed by atoms with Crippen molar-refractivity contribution in [3.63, 3.8) is 0 Å². The largest absolute Gasteiger partial charge is 0.335 e. The van der Waals surface area contributed by atoms with Crippen molar-refractivity contribution in [3.8, 4) is 11.3 Å². The predicted molar refractivity (Wildman–Crippen MR) is 131 cm³/mol. The van der Waals surface area contributed by atoms with Crippen LogP contribution in [0, 0.1) is 6.92 Å². The van der Waals surface area contributed by atoms with E-state index in [1.807, 2.05) is 49.4 Å². The van der Waals surface area contributed by atoms with Crippen molar-refractivity contribution in [1.29, 1.82) is 0 Å². The maximum Gasteiger partial charge on any atom is 0.259 e. The number of carbonyl (C=O) groups excluding carboxylic acids is 3. The molecular weight excluding hydrogens is 444 g/mol. The highest BCUT2D eigenvalue weighted by Gasteiger charge is 2.42. The van der Waals surface area contributed by atoms with E-state index >= 15 is 0 Å². The normalized spacial score (nSPS) is 17.9. The van der Waals surface area contributed by atoms with Crippen molar-refractivity contribution in [2.24, 2.45) is 0 Å². The summed E-state index contributed by atoms with van der Waals surface area (Å²) in [6, 6.07) is 18.5. The molecule has 0 saturated carbocycles. The second-order valence-corrected chi connectivity index (χ2v) is 8.71. The number of benzene rings is 2. The van der Waals surface area contributed by atoms with Gasteiger partial charge in [0.05, 0.1) is 27.8 Å². The molecule has 3 amide bonds. The van der Waals surface area contributed by atoms with E-state index in [0.717, 1.165) is 11.1 Å². The van der Waals surface area contributed by atoms with Crippen molar-refractivity contribution in [2.45, 2.75) is 38.5 Å². The van der Waals surface area contributed by atoms with Gasteiger partial charge in [-0.1, -0.05) is 54.5 Å². The van der Waals surface area contributed by atoms with Gasteiger partial charge in [-0.05, 0) is 43.5 Å². The van der Waals surface area contributed by atoms with Gasteiger partial charge >= 0.3 is 0 Å². The van der Waals surface area contributed by atoms with E-state index < -0.39 is 5.41 Å². The zero-order chi connectivity index (χ0) is 24.6. The van der Waals surface area contributed by atoms with Gasteiger partial charge in [-0.15, -0.1) is 0 Å². The SMILES string of the molecule is CCC1(c2ccc(NC(=O)c3cc(-c4ccccc4)nc4onc(C)c34)cc2)CCC(=O)NC1=O. The van der Waals surface area contributed by atoms with Gasteiger partial charge in [0.15, 0.2) is 0 Å². The number of aryl methyl sites for hydroxylation is 1. The summed E-state index contributed by atoms with van der Waals surface area (Å²) in [5, 5.41) is 9.95. The first-order valence-corrected chi connectivity index (χ1v) is 11.5. The topological polar surface area (TPSA) is 114 Å². The Hall–Kier alpha value is -4.33. The Morgan fingerprint density at radius 2 is 1.86 bits per heavy atom. The number of amides is 3. The van der Waals surface area contributed by atoms with Crippen LogP contribution >= 0.6 is 0 Å². The van der Waals surface area contributed by atoms with Gasteiger partial charge in [-0.2, -0.15) is 0 Å². The molecule has 8 nitrogen and oxygen atoms in total. The van der Waals surface area contributed by atoms with Gasteiger partial charge in [0.2, 0.25) is 11.8 Å².